The molecule has 0 aromatic heterocycles. The summed E-state index contributed by atoms with van der Waals surface area (Å²) in [5.41, 5.74) is 2.89. The molecule has 2 heteroatoms. The van der Waals surface area contributed by atoms with Crippen molar-refractivity contribution in [3.05, 3.63) is 107 Å². The van der Waals surface area contributed by atoms with Crippen LogP contribution in [0.2, 0.25) is 0 Å². The minimum atomic E-state index is -0.380. The van der Waals surface area contributed by atoms with Crippen molar-refractivity contribution in [1.29, 1.82) is 0 Å². The van der Waals surface area contributed by atoms with Gasteiger partial charge in [0.1, 0.15) is 18.8 Å². The molecule has 0 aliphatic rings. The Balaban J connectivity index is 1.95. The van der Waals surface area contributed by atoms with E-state index in [1.807, 2.05) is 91.0 Å². The van der Waals surface area contributed by atoms with Crippen LogP contribution in [-0.2, 0) is 13.1 Å². The molecule has 3 aromatic carbocycles. The largest absolute Gasteiger partial charge is 0.627 e. The first-order chi connectivity index (χ1) is 10.8. The van der Waals surface area contributed by atoms with Crippen molar-refractivity contribution in [3.63, 3.8) is 0 Å². The van der Waals surface area contributed by atoms with Gasteiger partial charge in [-0.25, -0.2) is 0 Å². The van der Waals surface area contributed by atoms with Crippen LogP contribution in [0, 0.1) is 5.21 Å². The molecule has 0 spiro atoms. The van der Waals surface area contributed by atoms with E-state index in [0.717, 1.165) is 16.8 Å². The van der Waals surface area contributed by atoms with E-state index in [2.05, 4.69) is 0 Å². The van der Waals surface area contributed by atoms with Gasteiger partial charge >= 0.3 is 0 Å². The van der Waals surface area contributed by atoms with E-state index in [1.165, 1.54) is 0 Å². The van der Waals surface area contributed by atoms with Crippen LogP contribution in [0.3, 0.4) is 0 Å². The number of benzene rings is 3. The predicted molar refractivity (Wildman–Crippen MR) is 91.9 cm³/mol. The van der Waals surface area contributed by atoms with Gasteiger partial charge in [0.05, 0.1) is 0 Å². The second-order valence-electron chi connectivity index (χ2n) is 5.51. The third-order valence-electron chi connectivity index (χ3n) is 3.79. The molecular formula is C20H19NO. The van der Waals surface area contributed by atoms with Crippen molar-refractivity contribution in [2.45, 2.75) is 13.1 Å². The monoisotopic (exact) mass is 289 g/mol. The molecule has 0 radical (unpaired) electrons. The maximum atomic E-state index is 13.6. The zero-order valence-electron chi connectivity index (χ0n) is 12.4. The maximum Gasteiger partial charge on any atom is 0.133 e. The van der Waals surface area contributed by atoms with Crippen LogP contribution in [0.5, 0.6) is 0 Å². The third-order valence-corrected chi connectivity index (χ3v) is 3.79. The van der Waals surface area contributed by atoms with Crippen molar-refractivity contribution in [2.24, 2.45) is 0 Å². The third kappa shape index (κ3) is 3.42. The number of para-hydroxylation sites is 1. The Morgan fingerprint density at radius 3 is 1.32 bits per heavy atom. The molecule has 0 heterocycles. The summed E-state index contributed by atoms with van der Waals surface area (Å²) >= 11 is 0. The smallest absolute Gasteiger partial charge is 0.133 e. The average molecular weight is 289 g/mol. The minimum Gasteiger partial charge on any atom is -0.627 e. The number of hydroxylamine groups is 2. The molecule has 0 saturated carbocycles. The molecule has 22 heavy (non-hydrogen) atoms. The Bertz CT molecular complexity index is 654. The molecule has 0 fully saturated rings. The fourth-order valence-electron chi connectivity index (χ4n) is 2.69. The summed E-state index contributed by atoms with van der Waals surface area (Å²) in [6, 6.07) is 29.5. The first-order valence-electron chi connectivity index (χ1n) is 7.48. The zero-order chi connectivity index (χ0) is 15.3. The summed E-state index contributed by atoms with van der Waals surface area (Å²) in [4.78, 5) is 0. The van der Waals surface area contributed by atoms with Gasteiger partial charge in [0.25, 0.3) is 0 Å². The van der Waals surface area contributed by atoms with E-state index in [-0.39, 0.29) is 4.65 Å². The number of rotatable bonds is 5. The lowest BCUT2D eigenvalue weighted by Crippen LogP contribution is -2.41. The lowest BCUT2D eigenvalue weighted by molar-refractivity contribution is 0.356. The van der Waals surface area contributed by atoms with Crippen molar-refractivity contribution in [1.82, 2.24) is 4.65 Å². The average Bonchev–Trinajstić information content (AvgIpc) is 2.57. The number of nitrogens with zero attached hydrogens (tertiary/aromatic N) is 1. The van der Waals surface area contributed by atoms with E-state index in [4.69, 9.17) is 0 Å². The van der Waals surface area contributed by atoms with Gasteiger partial charge in [-0.2, -0.15) is 0 Å². The van der Waals surface area contributed by atoms with Gasteiger partial charge in [-0.1, -0.05) is 78.9 Å². The van der Waals surface area contributed by atoms with Crippen LogP contribution in [0.4, 0.5) is 5.69 Å². The van der Waals surface area contributed by atoms with Crippen molar-refractivity contribution in [2.75, 3.05) is 0 Å². The number of hydrogen-bond donors (Lipinski definition) is 0. The van der Waals surface area contributed by atoms with Gasteiger partial charge in [0.2, 0.25) is 0 Å². The summed E-state index contributed by atoms with van der Waals surface area (Å²) < 4.78 is -0.380. The van der Waals surface area contributed by atoms with Gasteiger partial charge in [-0.3, -0.25) is 0 Å². The summed E-state index contributed by atoms with van der Waals surface area (Å²) in [5.74, 6) is 0. The van der Waals surface area contributed by atoms with Crippen LogP contribution >= 0.6 is 0 Å². The Hall–Kier alpha value is -2.42. The number of quaternary nitrogens is 1. The quantitative estimate of drug-likeness (QED) is 0.484. The van der Waals surface area contributed by atoms with E-state index >= 15 is 0 Å². The van der Waals surface area contributed by atoms with Crippen molar-refractivity contribution in [3.8, 4) is 0 Å². The van der Waals surface area contributed by atoms with Gasteiger partial charge in [0.15, 0.2) is 0 Å². The second-order valence-corrected chi connectivity index (χ2v) is 5.51. The lowest BCUT2D eigenvalue weighted by atomic mass is 10.1. The SMILES string of the molecule is [O-][N+](Cc1ccccc1)(Cc1ccccc1)c1ccccc1. The van der Waals surface area contributed by atoms with Crippen LogP contribution < -0.4 is 4.65 Å². The van der Waals surface area contributed by atoms with Gasteiger partial charge in [-0.05, 0) is 12.1 Å². The molecule has 0 saturated heterocycles. The van der Waals surface area contributed by atoms with Gasteiger partial charge < -0.3 is 9.85 Å². The molecule has 0 N–H and O–H groups in total. The van der Waals surface area contributed by atoms with Crippen LogP contribution in [-0.4, -0.2) is 0 Å². The molecule has 0 unspecified atom stereocenters. The van der Waals surface area contributed by atoms with Gasteiger partial charge in [-0.15, -0.1) is 0 Å². The Labute approximate surface area is 131 Å². The van der Waals surface area contributed by atoms with Crippen molar-refractivity contribution >= 4 is 5.69 Å². The molecule has 3 aromatic rings. The molecule has 0 aliphatic heterocycles. The standard InChI is InChI=1S/C20H19NO/c22-21(20-14-8-3-9-15-20,16-18-10-4-1-5-11-18)17-19-12-6-2-7-13-19/h1-15H,16-17H2. The predicted octanol–water partition coefficient (Wildman–Crippen LogP) is 4.89. The van der Waals surface area contributed by atoms with Crippen LogP contribution in [0.1, 0.15) is 11.1 Å². The zero-order valence-corrected chi connectivity index (χ0v) is 12.4. The Morgan fingerprint density at radius 1 is 0.545 bits per heavy atom. The van der Waals surface area contributed by atoms with Crippen molar-refractivity contribution < 1.29 is 0 Å². The fourth-order valence-corrected chi connectivity index (χ4v) is 2.69. The van der Waals surface area contributed by atoms with E-state index in [0.29, 0.717) is 13.1 Å². The van der Waals surface area contributed by atoms with E-state index in [1.54, 1.807) is 0 Å². The first kappa shape index (κ1) is 14.5. The molecule has 0 aliphatic carbocycles. The summed E-state index contributed by atoms with van der Waals surface area (Å²) in [6.07, 6.45) is 0. The minimum absolute atomic E-state index is 0.380. The molecule has 0 atom stereocenters. The summed E-state index contributed by atoms with van der Waals surface area (Å²) in [7, 11) is 0. The lowest BCUT2D eigenvalue weighted by Gasteiger charge is -2.42. The highest BCUT2D eigenvalue weighted by atomic mass is 16.5. The normalized spacial score (nSPS) is 11.3. The molecular weight excluding hydrogens is 270 g/mol. The maximum absolute atomic E-state index is 13.6. The van der Waals surface area contributed by atoms with E-state index in [9.17, 15) is 5.21 Å². The number of hydrogen-bond acceptors (Lipinski definition) is 1. The second kappa shape index (κ2) is 6.56. The highest BCUT2D eigenvalue weighted by Gasteiger charge is 2.21. The molecule has 0 bridgehead atoms. The summed E-state index contributed by atoms with van der Waals surface area (Å²) in [5, 5.41) is 13.6. The highest BCUT2D eigenvalue weighted by Crippen LogP contribution is 2.27. The van der Waals surface area contributed by atoms with E-state index < -0.39 is 0 Å². The molecule has 3 rings (SSSR count). The fraction of sp³-hybridized carbons (Fsp3) is 0.100. The molecule has 110 valence electrons. The molecule has 0 amide bonds. The molecule has 2 nitrogen and oxygen atoms in total. The Morgan fingerprint density at radius 2 is 0.909 bits per heavy atom. The van der Waals surface area contributed by atoms with Crippen LogP contribution in [0.25, 0.3) is 0 Å². The Kier molecular flexibility index (Phi) is 4.33. The highest BCUT2D eigenvalue weighted by molar-refractivity contribution is 5.44. The van der Waals surface area contributed by atoms with Crippen LogP contribution in [0.15, 0.2) is 91.0 Å². The topological polar surface area (TPSA) is 23.1 Å². The first-order valence-corrected chi connectivity index (χ1v) is 7.48. The van der Waals surface area contributed by atoms with Gasteiger partial charge in [0, 0.05) is 11.1 Å². The summed E-state index contributed by atoms with van der Waals surface area (Å²) in [6.45, 7) is 0.861.